The average molecular weight is 482 g/mol. The molecule has 2 fully saturated rings. The normalized spacial score (nSPS) is 21.2. The van der Waals surface area contributed by atoms with E-state index in [0.29, 0.717) is 12.1 Å². The fraction of sp³-hybridized carbons (Fsp3) is 0.526. The Morgan fingerprint density at radius 3 is 2.39 bits per heavy atom. The van der Waals surface area contributed by atoms with E-state index in [1.165, 1.54) is 15.9 Å². The van der Waals surface area contributed by atoms with Gasteiger partial charge in [0.25, 0.3) is 5.92 Å². The van der Waals surface area contributed by atoms with Gasteiger partial charge in [-0.1, -0.05) is 0 Å². The third kappa shape index (κ3) is 5.78. The predicted octanol–water partition coefficient (Wildman–Crippen LogP) is 4.44. The Labute approximate surface area is 182 Å². The molecule has 2 aromatic heterocycles. The summed E-state index contributed by atoms with van der Waals surface area (Å²) >= 11 is 0. The molecular weight excluding hydrogens is 464 g/mol. The summed E-state index contributed by atoms with van der Waals surface area (Å²) in [7, 11) is 0. The van der Waals surface area contributed by atoms with Crippen LogP contribution in [-0.4, -0.2) is 64.7 Å². The van der Waals surface area contributed by atoms with Crippen LogP contribution in [0.3, 0.4) is 0 Å². The summed E-state index contributed by atoms with van der Waals surface area (Å²) in [4.78, 5) is 14.6. The Bertz CT molecular complexity index is 1000. The lowest BCUT2D eigenvalue weighted by Gasteiger charge is -2.38. The second-order valence-corrected chi connectivity index (χ2v) is 8.08. The van der Waals surface area contributed by atoms with E-state index < -0.39 is 49.4 Å². The third-order valence-electron chi connectivity index (χ3n) is 5.30. The van der Waals surface area contributed by atoms with Crippen LogP contribution in [0.25, 0.3) is 0 Å². The lowest BCUT2D eigenvalue weighted by atomic mass is 10.0. The van der Waals surface area contributed by atoms with E-state index in [9.17, 15) is 35.1 Å². The standard InChI is InChI=1S/C19H18F8N6/c20-17(21)8-33(9-17)16-29-13(11-2-4-32(7-11)10-18(22,23)24)6-15(31-16)30-14-5-12(1-3-28-14)19(25,26)27/h1,3,5-6,11H,2,4,7-10H2,(H,28,29,30,31). The molecule has 4 rings (SSSR count). The van der Waals surface area contributed by atoms with Crippen molar-refractivity contribution in [1.29, 1.82) is 0 Å². The SMILES string of the molecule is FC(F)(F)CN1CCC(c2cc(Nc3cc(C(F)(F)F)ccn3)nc(N3CC(F)(F)C3)n2)C1. The molecule has 1 atom stereocenters. The lowest BCUT2D eigenvalue weighted by Crippen LogP contribution is -2.57. The van der Waals surface area contributed by atoms with Crippen molar-refractivity contribution in [2.45, 2.75) is 30.6 Å². The van der Waals surface area contributed by atoms with Crippen LogP contribution in [0.15, 0.2) is 24.4 Å². The molecule has 4 heterocycles. The Morgan fingerprint density at radius 2 is 1.76 bits per heavy atom. The highest BCUT2D eigenvalue weighted by atomic mass is 19.4. The van der Waals surface area contributed by atoms with Gasteiger partial charge in [-0.05, 0) is 25.1 Å². The van der Waals surface area contributed by atoms with Gasteiger partial charge in [0.05, 0.1) is 30.9 Å². The second-order valence-electron chi connectivity index (χ2n) is 8.08. The Hall–Kier alpha value is -2.77. The van der Waals surface area contributed by atoms with E-state index in [0.717, 1.165) is 18.3 Å². The number of aromatic nitrogens is 3. The van der Waals surface area contributed by atoms with Crippen LogP contribution in [0.4, 0.5) is 52.7 Å². The van der Waals surface area contributed by atoms with E-state index in [2.05, 4.69) is 20.3 Å². The molecule has 2 saturated heterocycles. The van der Waals surface area contributed by atoms with Gasteiger partial charge in [0.1, 0.15) is 11.6 Å². The first kappa shape index (κ1) is 23.4. The summed E-state index contributed by atoms with van der Waals surface area (Å²) in [5.74, 6) is -3.61. The first-order valence-corrected chi connectivity index (χ1v) is 9.89. The Balaban J connectivity index is 1.59. The minimum Gasteiger partial charge on any atom is -0.329 e. The number of anilines is 3. The van der Waals surface area contributed by atoms with Crippen molar-refractivity contribution in [2.24, 2.45) is 0 Å². The van der Waals surface area contributed by atoms with Crippen LogP contribution in [-0.2, 0) is 6.18 Å². The van der Waals surface area contributed by atoms with E-state index in [1.54, 1.807) is 0 Å². The summed E-state index contributed by atoms with van der Waals surface area (Å²) in [6, 6.07) is 2.95. The maximum absolute atomic E-state index is 13.3. The molecule has 0 amide bonds. The highest BCUT2D eigenvalue weighted by molar-refractivity contribution is 5.56. The van der Waals surface area contributed by atoms with Gasteiger partial charge in [0.2, 0.25) is 5.95 Å². The predicted molar refractivity (Wildman–Crippen MR) is 102 cm³/mol. The summed E-state index contributed by atoms with van der Waals surface area (Å²) in [5.41, 5.74) is -0.634. The summed E-state index contributed by atoms with van der Waals surface area (Å²) in [6.45, 7) is -2.14. The minimum absolute atomic E-state index is 0.00584. The number of nitrogens with zero attached hydrogens (tertiary/aromatic N) is 5. The molecule has 1 N–H and O–H groups in total. The van der Waals surface area contributed by atoms with Gasteiger partial charge in [-0.15, -0.1) is 0 Å². The molecule has 0 aliphatic carbocycles. The number of likely N-dealkylation sites (tertiary alicyclic amines) is 1. The highest BCUT2D eigenvalue weighted by Crippen LogP contribution is 2.35. The number of alkyl halides is 8. The molecule has 0 aromatic carbocycles. The van der Waals surface area contributed by atoms with Crippen molar-refractivity contribution in [1.82, 2.24) is 19.9 Å². The van der Waals surface area contributed by atoms with Gasteiger partial charge in [0, 0.05) is 24.7 Å². The number of rotatable bonds is 5. The van der Waals surface area contributed by atoms with Gasteiger partial charge in [-0.2, -0.15) is 31.3 Å². The molecule has 180 valence electrons. The molecule has 0 spiro atoms. The van der Waals surface area contributed by atoms with Crippen LogP contribution in [0, 0.1) is 0 Å². The number of nitrogens with one attached hydrogen (secondary N) is 1. The fourth-order valence-corrected chi connectivity index (χ4v) is 3.80. The zero-order valence-electron chi connectivity index (χ0n) is 16.9. The second kappa shape index (κ2) is 8.22. The van der Waals surface area contributed by atoms with Crippen molar-refractivity contribution in [3.05, 3.63) is 35.7 Å². The quantitative estimate of drug-likeness (QED) is 0.637. The van der Waals surface area contributed by atoms with Gasteiger partial charge in [-0.3, -0.25) is 4.90 Å². The van der Waals surface area contributed by atoms with Crippen LogP contribution in [0.1, 0.15) is 23.6 Å². The summed E-state index contributed by atoms with van der Waals surface area (Å²) in [5, 5.41) is 2.62. The molecule has 2 aliphatic rings. The topological polar surface area (TPSA) is 57.2 Å². The molecule has 2 aromatic rings. The van der Waals surface area contributed by atoms with Gasteiger partial charge in [0.15, 0.2) is 0 Å². The van der Waals surface area contributed by atoms with Crippen LogP contribution < -0.4 is 10.2 Å². The first-order valence-electron chi connectivity index (χ1n) is 9.89. The van der Waals surface area contributed by atoms with Crippen LogP contribution in [0.2, 0.25) is 0 Å². The van der Waals surface area contributed by atoms with Crippen molar-refractivity contribution in [3.63, 3.8) is 0 Å². The molecule has 14 heteroatoms. The van der Waals surface area contributed by atoms with Crippen LogP contribution >= 0.6 is 0 Å². The maximum Gasteiger partial charge on any atom is 0.416 e. The van der Waals surface area contributed by atoms with Gasteiger partial charge < -0.3 is 10.2 Å². The van der Waals surface area contributed by atoms with Crippen LogP contribution in [0.5, 0.6) is 0 Å². The van der Waals surface area contributed by atoms with Gasteiger partial charge in [-0.25, -0.2) is 18.7 Å². The number of hydrogen-bond donors (Lipinski definition) is 1. The van der Waals surface area contributed by atoms with Crippen molar-refractivity contribution in [2.75, 3.05) is 42.9 Å². The van der Waals surface area contributed by atoms with Crippen molar-refractivity contribution >= 4 is 17.6 Å². The van der Waals surface area contributed by atoms with E-state index in [-0.39, 0.29) is 30.7 Å². The third-order valence-corrected chi connectivity index (χ3v) is 5.30. The van der Waals surface area contributed by atoms with E-state index in [1.807, 2.05) is 0 Å². The summed E-state index contributed by atoms with van der Waals surface area (Å²) in [6.07, 6.45) is -7.66. The van der Waals surface area contributed by atoms with Crippen molar-refractivity contribution in [3.8, 4) is 0 Å². The Morgan fingerprint density at radius 1 is 1.03 bits per heavy atom. The van der Waals surface area contributed by atoms with E-state index >= 15 is 0 Å². The highest BCUT2D eigenvalue weighted by Gasteiger charge is 2.45. The molecule has 0 bridgehead atoms. The molecule has 2 aliphatic heterocycles. The summed E-state index contributed by atoms with van der Waals surface area (Å²) < 4.78 is 104. The zero-order chi connectivity index (χ0) is 24.0. The molecule has 0 radical (unpaired) electrons. The van der Waals surface area contributed by atoms with E-state index in [4.69, 9.17) is 0 Å². The molecule has 1 unspecified atom stereocenters. The Kier molecular flexibility index (Phi) is 5.83. The van der Waals surface area contributed by atoms with Crippen molar-refractivity contribution < 1.29 is 35.1 Å². The monoisotopic (exact) mass is 482 g/mol. The minimum atomic E-state index is -4.60. The smallest absolute Gasteiger partial charge is 0.329 e. The number of pyridine rings is 1. The van der Waals surface area contributed by atoms with Gasteiger partial charge >= 0.3 is 12.4 Å². The lowest BCUT2D eigenvalue weighted by molar-refractivity contribution is -0.143. The molecule has 6 nitrogen and oxygen atoms in total. The zero-order valence-corrected chi connectivity index (χ0v) is 16.9. The maximum atomic E-state index is 13.3. The fourth-order valence-electron chi connectivity index (χ4n) is 3.80. The number of halogens is 8. The molecule has 33 heavy (non-hydrogen) atoms. The molecule has 0 saturated carbocycles. The number of hydrogen-bond acceptors (Lipinski definition) is 6. The largest absolute Gasteiger partial charge is 0.416 e. The molecular formula is C19H18F8N6. The first-order chi connectivity index (χ1) is 15.3. The average Bonchev–Trinajstić information content (AvgIpc) is 3.12.